The fourth-order valence-corrected chi connectivity index (χ4v) is 4.16. The van der Waals surface area contributed by atoms with E-state index >= 15 is 0 Å². The van der Waals surface area contributed by atoms with Crippen molar-refractivity contribution in [2.45, 2.75) is 51.5 Å². The zero-order chi connectivity index (χ0) is 16.8. The van der Waals surface area contributed by atoms with Gasteiger partial charge in [0.15, 0.2) is 0 Å². The van der Waals surface area contributed by atoms with Crippen LogP contribution in [-0.4, -0.2) is 16.4 Å². The van der Waals surface area contributed by atoms with Gasteiger partial charge in [-0.25, -0.2) is 0 Å². The van der Waals surface area contributed by atoms with Crippen molar-refractivity contribution in [1.82, 2.24) is 9.27 Å². The molecule has 0 radical (unpaired) electrons. The molecule has 5 heteroatoms. The number of nitrogens with one attached hydrogen (secondary N) is 1. The molecule has 1 heterocycles. The Morgan fingerprint density at radius 3 is 2.92 bits per heavy atom. The summed E-state index contributed by atoms with van der Waals surface area (Å²) >= 11 is 1.48. The van der Waals surface area contributed by atoms with Gasteiger partial charge in [0.1, 0.15) is 0 Å². The summed E-state index contributed by atoms with van der Waals surface area (Å²) in [5, 5.41) is 3.76. The largest absolute Gasteiger partial charge is 0.356 e. The van der Waals surface area contributed by atoms with Crippen LogP contribution in [0.25, 0.3) is 10.1 Å². The van der Waals surface area contributed by atoms with Gasteiger partial charge in [0.05, 0.1) is 10.1 Å². The van der Waals surface area contributed by atoms with Crippen LogP contribution in [0.15, 0.2) is 40.7 Å². The fourth-order valence-electron chi connectivity index (χ4n) is 3.13. The molecule has 3 rings (SSSR count). The predicted molar refractivity (Wildman–Crippen MR) is 99.5 cm³/mol. The molecule has 0 atom stereocenters. The monoisotopic (exact) mass is 344 g/mol. The Hall–Kier alpha value is -1.88. The first-order valence-electron chi connectivity index (χ1n) is 8.77. The quantitative estimate of drug-likeness (QED) is 0.776. The first-order chi connectivity index (χ1) is 11.7. The van der Waals surface area contributed by atoms with Crippen molar-refractivity contribution < 1.29 is 4.79 Å². The van der Waals surface area contributed by atoms with Crippen molar-refractivity contribution in [1.29, 1.82) is 0 Å². The van der Waals surface area contributed by atoms with Crippen LogP contribution in [-0.2, 0) is 11.3 Å². The number of hydrogen-bond acceptors (Lipinski definition) is 3. The molecule has 24 heavy (non-hydrogen) atoms. The Morgan fingerprint density at radius 1 is 1.25 bits per heavy atom. The second-order valence-corrected chi connectivity index (χ2v) is 7.37. The van der Waals surface area contributed by atoms with Gasteiger partial charge in [-0.2, -0.15) is 0 Å². The minimum atomic E-state index is 0.0558. The Kier molecular flexibility index (Phi) is 5.86. The number of aryl methyl sites for hydroxylation is 1. The van der Waals surface area contributed by atoms with Gasteiger partial charge in [0.2, 0.25) is 5.91 Å². The summed E-state index contributed by atoms with van der Waals surface area (Å²) in [6.45, 7) is 1.34. The maximum absolute atomic E-state index is 12.2. The SMILES string of the molecule is O=C(CCCn1sc2ccccc2c1=O)NCCC1=CCCCC1. The predicted octanol–water partition coefficient (Wildman–Crippen LogP) is 3.85. The second-order valence-electron chi connectivity index (χ2n) is 6.31. The van der Waals surface area contributed by atoms with E-state index in [2.05, 4.69) is 11.4 Å². The number of benzene rings is 1. The molecule has 0 saturated heterocycles. The maximum Gasteiger partial charge on any atom is 0.268 e. The topological polar surface area (TPSA) is 51.1 Å². The highest BCUT2D eigenvalue weighted by molar-refractivity contribution is 7.13. The van der Waals surface area contributed by atoms with Crippen LogP contribution in [0.5, 0.6) is 0 Å². The average molecular weight is 344 g/mol. The summed E-state index contributed by atoms with van der Waals surface area (Å²) < 4.78 is 2.76. The lowest BCUT2D eigenvalue weighted by atomic mass is 9.97. The molecule has 1 aliphatic carbocycles. The highest BCUT2D eigenvalue weighted by atomic mass is 32.1. The van der Waals surface area contributed by atoms with Crippen LogP contribution in [0.3, 0.4) is 0 Å². The van der Waals surface area contributed by atoms with E-state index in [1.807, 2.05) is 24.3 Å². The van der Waals surface area contributed by atoms with Crippen LogP contribution in [0.2, 0.25) is 0 Å². The van der Waals surface area contributed by atoms with Gasteiger partial charge in [0.25, 0.3) is 5.56 Å². The highest BCUT2D eigenvalue weighted by Gasteiger charge is 2.08. The van der Waals surface area contributed by atoms with Crippen molar-refractivity contribution in [2.24, 2.45) is 0 Å². The number of nitrogens with zero attached hydrogens (tertiary/aromatic N) is 1. The molecule has 1 amide bonds. The molecule has 2 aromatic rings. The van der Waals surface area contributed by atoms with E-state index in [0.29, 0.717) is 19.4 Å². The minimum Gasteiger partial charge on any atom is -0.356 e. The highest BCUT2D eigenvalue weighted by Crippen LogP contribution is 2.19. The maximum atomic E-state index is 12.2. The summed E-state index contributed by atoms with van der Waals surface area (Å²) in [7, 11) is 0. The van der Waals surface area contributed by atoms with Crippen molar-refractivity contribution in [3.05, 3.63) is 46.3 Å². The lowest BCUT2D eigenvalue weighted by Crippen LogP contribution is -2.25. The Balaban J connectivity index is 1.40. The van der Waals surface area contributed by atoms with Crippen molar-refractivity contribution in [2.75, 3.05) is 6.54 Å². The van der Waals surface area contributed by atoms with E-state index in [9.17, 15) is 9.59 Å². The van der Waals surface area contributed by atoms with E-state index < -0.39 is 0 Å². The number of aromatic nitrogens is 1. The Bertz CT molecular complexity index is 788. The molecule has 0 fully saturated rings. The van der Waals surface area contributed by atoms with E-state index in [4.69, 9.17) is 0 Å². The van der Waals surface area contributed by atoms with Gasteiger partial charge in [-0.3, -0.25) is 13.5 Å². The fraction of sp³-hybridized carbons (Fsp3) is 0.474. The van der Waals surface area contributed by atoms with Gasteiger partial charge in [-0.15, -0.1) is 0 Å². The third kappa shape index (κ3) is 4.35. The molecule has 0 spiro atoms. The molecule has 1 N–H and O–H groups in total. The first kappa shape index (κ1) is 17.0. The molecule has 0 bridgehead atoms. The van der Waals surface area contributed by atoms with Crippen LogP contribution in [0.1, 0.15) is 44.9 Å². The third-order valence-corrected chi connectivity index (χ3v) is 5.59. The van der Waals surface area contributed by atoms with Crippen LogP contribution >= 0.6 is 11.5 Å². The Labute approximate surface area is 146 Å². The van der Waals surface area contributed by atoms with Gasteiger partial charge in [-0.1, -0.05) is 35.3 Å². The molecular weight excluding hydrogens is 320 g/mol. The van der Waals surface area contributed by atoms with Gasteiger partial charge in [0, 0.05) is 19.5 Å². The number of allylic oxidation sites excluding steroid dienone is 1. The number of fused-ring (bicyclic) bond motifs is 1. The molecular formula is C19H24N2O2S. The first-order valence-corrected chi connectivity index (χ1v) is 9.55. The molecule has 4 nitrogen and oxygen atoms in total. The van der Waals surface area contributed by atoms with Crippen LogP contribution in [0.4, 0.5) is 0 Å². The van der Waals surface area contributed by atoms with Crippen molar-refractivity contribution in [3.63, 3.8) is 0 Å². The van der Waals surface area contributed by atoms with Gasteiger partial charge >= 0.3 is 0 Å². The smallest absolute Gasteiger partial charge is 0.268 e. The lowest BCUT2D eigenvalue weighted by Gasteiger charge is -2.12. The van der Waals surface area contributed by atoms with Crippen molar-refractivity contribution in [3.8, 4) is 0 Å². The summed E-state index contributed by atoms with van der Waals surface area (Å²) in [6, 6.07) is 7.65. The van der Waals surface area contributed by atoms with E-state index in [1.54, 1.807) is 3.96 Å². The number of amides is 1. The van der Waals surface area contributed by atoms with Gasteiger partial charge < -0.3 is 5.32 Å². The number of rotatable bonds is 7. The van der Waals surface area contributed by atoms with E-state index in [1.165, 1.54) is 42.8 Å². The standard InChI is InChI=1S/C19H24N2O2S/c22-18(20-13-12-15-7-2-1-3-8-15)11-6-14-21-19(23)16-9-4-5-10-17(16)24-21/h4-5,7,9-10H,1-3,6,8,11-14H2,(H,20,22). The van der Waals surface area contributed by atoms with Crippen LogP contribution < -0.4 is 10.9 Å². The molecule has 0 unspecified atom stereocenters. The molecule has 0 saturated carbocycles. The number of carbonyl (C=O) groups is 1. The summed E-state index contributed by atoms with van der Waals surface area (Å²) in [5.41, 5.74) is 1.54. The second kappa shape index (κ2) is 8.29. The summed E-state index contributed by atoms with van der Waals surface area (Å²) in [5.74, 6) is 0.0839. The van der Waals surface area contributed by atoms with E-state index in [0.717, 1.165) is 23.1 Å². The van der Waals surface area contributed by atoms with Crippen LogP contribution in [0, 0.1) is 0 Å². The van der Waals surface area contributed by atoms with E-state index in [-0.39, 0.29) is 11.5 Å². The molecule has 0 aliphatic heterocycles. The summed E-state index contributed by atoms with van der Waals surface area (Å²) in [6.07, 6.45) is 9.42. The Morgan fingerprint density at radius 2 is 2.12 bits per heavy atom. The molecule has 1 aliphatic rings. The number of hydrogen-bond donors (Lipinski definition) is 1. The third-order valence-electron chi connectivity index (χ3n) is 4.47. The van der Waals surface area contributed by atoms with Crippen molar-refractivity contribution >= 4 is 27.5 Å². The number of carbonyl (C=O) groups excluding carboxylic acids is 1. The zero-order valence-electron chi connectivity index (χ0n) is 13.9. The molecule has 1 aromatic carbocycles. The minimum absolute atomic E-state index is 0.0558. The lowest BCUT2D eigenvalue weighted by molar-refractivity contribution is -0.121. The molecule has 1 aromatic heterocycles. The van der Waals surface area contributed by atoms with Gasteiger partial charge in [-0.05, 0) is 50.7 Å². The molecule has 128 valence electrons. The summed E-state index contributed by atoms with van der Waals surface area (Å²) in [4.78, 5) is 24.1. The average Bonchev–Trinajstić information content (AvgIpc) is 2.92. The zero-order valence-corrected chi connectivity index (χ0v) is 14.7. The normalized spacial score (nSPS) is 14.6.